The largest absolute Gasteiger partial charge is 0.365 e. The van der Waals surface area contributed by atoms with E-state index in [-0.39, 0.29) is 5.82 Å². The quantitative estimate of drug-likeness (QED) is 0.900. The number of hydrogen-bond donors (Lipinski definition) is 1. The Bertz CT molecular complexity index is 581. The summed E-state index contributed by atoms with van der Waals surface area (Å²) in [6, 6.07) is 13.1. The number of rotatable bonds is 5. The molecule has 0 spiro atoms. The van der Waals surface area contributed by atoms with Crippen LogP contribution in [0.1, 0.15) is 23.6 Å². The van der Waals surface area contributed by atoms with Crippen LogP contribution in [0.4, 0.5) is 10.1 Å². The molecule has 0 bridgehead atoms. The van der Waals surface area contributed by atoms with E-state index in [9.17, 15) is 4.39 Å². The zero-order valence-electron chi connectivity index (χ0n) is 12.1. The fourth-order valence-electron chi connectivity index (χ4n) is 2.34. The maximum atomic E-state index is 13.9. The second-order valence-electron chi connectivity index (χ2n) is 4.93. The Morgan fingerprint density at radius 1 is 1.15 bits per heavy atom. The highest BCUT2D eigenvalue weighted by Gasteiger charge is 2.11. The Hall–Kier alpha value is -1.87. The van der Waals surface area contributed by atoms with Crippen LogP contribution in [-0.2, 0) is 13.1 Å². The van der Waals surface area contributed by atoms with Crippen molar-refractivity contribution in [1.29, 1.82) is 0 Å². The fraction of sp³-hybridized carbons (Fsp3) is 0.294. The van der Waals surface area contributed by atoms with E-state index < -0.39 is 0 Å². The number of halogens is 1. The highest BCUT2D eigenvalue weighted by Crippen LogP contribution is 2.22. The maximum Gasteiger partial charge on any atom is 0.146 e. The summed E-state index contributed by atoms with van der Waals surface area (Å²) in [4.78, 5) is 2.04. The van der Waals surface area contributed by atoms with Gasteiger partial charge in [-0.2, -0.15) is 0 Å². The first kappa shape index (κ1) is 14.5. The number of benzene rings is 2. The van der Waals surface area contributed by atoms with Crippen LogP contribution in [0.25, 0.3) is 0 Å². The van der Waals surface area contributed by atoms with Crippen LogP contribution in [0.15, 0.2) is 42.5 Å². The average Bonchev–Trinajstić information content (AvgIpc) is 2.47. The molecule has 2 aromatic carbocycles. The number of nitrogens with zero attached hydrogens (tertiary/aromatic N) is 1. The van der Waals surface area contributed by atoms with Gasteiger partial charge in [0.2, 0.25) is 0 Å². The Morgan fingerprint density at radius 3 is 2.50 bits per heavy atom. The van der Waals surface area contributed by atoms with E-state index in [1.165, 1.54) is 17.2 Å². The first-order chi connectivity index (χ1) is 9.65. The van der Waals surface area contributed by atoms with Gasteiger partial charge >= 0.3 is 0 Å². The van der Waals surface area contributed by atoms with Gasteiger partial charge < -0.3 is 10.6 Å². The minimum absolute atomic E-state index is 0.175. The zero-order chi connectivity index (χ0) is 14.5. The molecule has 0 aromatic heterocycles. The summed E-state index contributed by atoms with van der Waals surface area (Å²) in [5, 5.41) is 0. The molecule has 0 fully saturated rings. The molecule has 3 heteroatoms. The van der Waals surface area contributed by atoms with Crippen molar-refractivity contribution in [2.75, 3.05) is 11.4 Å². The standard InChI is InChI=1S/C17H21FN2/c1-3-20(17-7-5-4-6-16(17)18)12-15-9-8-14(11-19)10-13(15)2/h4-10H,3,11-12,19H2,1-2H3. The molecule has 2 rings (SSSR count). The third-order valence-corrected chi connectivity index (χ3v) is 3.58. The molecule has 0 atom stereocenters. The monoisotopic (exact) mass is 272 g/mol. The number of aryl methyl sites for hydroxylation is 1. The average molecular weight is 272 g/mol. The third kappa shape index (κ3) is 3.17. The van der Waals surface area contributed by atoms with E-state index in [0.29, 0.717) is 18.8 Å². The molecule has 0 saturated heterocycles. The van der Waals surface area contributed by atoms with E-state index in [0.717, 1.165) is 12.1 Å². The number of hydrogen-bond acceptors (Lipinski definition) is 2. The first-order valence-electron chi connectivity index (χ1n) is 6.93. The van der Waals surface area contributed by atoms with Gasteiger partial charge in [0, 0.05) is 19.6 Å². The van der Waals surface area contributed by atoms with Crippen LogP contribution in [0.2, 0.25) is 0 Å². The lowest BCUT2D eigenvalue weighted by Crippen LogP contribution is -2.23. The molecule has 0 heterocycles. The van der Waals surface area contributed by atoms with Crippen molar-refractivity contribution >= 4 is 5.69 Å². The predicted molar refractivity (Wildman–Crippen MR) is 82.2 cm³/mol. The van der Waals surface area contributed by atoms with Crippen molar-refractivity contribution in [2.24, 2.45) is 5.73 Å². The minimum atomic E-state index is -0.175. The summed E-state index contributed by atoms with van der Waals surface area (Å²) < 4.78 is 13.9. The smallest absolute Gasteiger partial charge is 0.146 e. The molecule has 2 aromatic rings. The van der Waals surface area contributed by atoms with Crippen LogP contribution in [-0.4, -0.2) is 6.54 Å². The molecule has 0 aliphatic carbocycles. The Labute approximate surface area is 120 Å². The number of nitrogens with two attached hydrogens (primary N) is 1. The van der Waals surface area contributed by atoms with Crippen molar-refractivity contribution in [3.05, 3.63) is 65.0 Å². The maximum absolute atomic E-state index is 13.9. The Morgan fingerprint density at radius 2 is 1.90 bits per heavy atom. The molecule has 2 N–H and O–H groups in total. The number of para-hydroxylation sites is 1. The molecule has 106 valence electrons. The lowest BCUT2D eigenvalue weighted by Gasteiger charge is -2.24. The van der Waals surface area contributed by atoms with Crippen LogP contribution in [0, 0.1) is 12.7 Å². The van der Waals surface area contributed by atoms with Crippen molar-refractivity contribution in [3.8, 4) is 0 Å². The Balaban J connectivity index is 2.25. The van der Waals surface area contributed by atoms with E-state index in [2.05, 4.69) is 19.1 Å². The zero-order valence-corrected chi connectivity index (χ0v) is 12.1. The highest BCUT2D eigenvalue weighted by molar-refractivity contribution is 5.48. The van der Waals surface area contributed by atoms with Gasteiger partial charge in [0.1, 0.15) is 5.82 Å². The van der Waals surface area contributed by atoms with Gasteiger partial charge in [0.15, 0.2) is 0 Å². The van der Waals surface area contributed by atoms with Crippen molar-refractivity contribution in [1.82, 2.24) is 0 Å². The second kappa shape index (κ2) is 6.53. The van der Waals surface area contributed by atoms with Gasteiger partial charge in [-0.1, -0.05) is 30.3 Å². The Kier molecular flexibility index (Phi) is 4.74. The van der Waals surface area contributed by atoms with Gasteiger partial charge in [-0.05, 0) is 42.7 Å². The van der Waals surface area contributed by atoms with Crippen molar-refractivity contribution in [3.63, 3.8) is 0 Å². The lowest BCUT2D eigenvalue weighted by molar-refractivity contribution is 0.617. The second-order valence-corrected chi connectivity index (χ2v) is 4.93. The summed E-state index contributed by atoms with van der Waals surface area (Å²) in [6.45, 7) is 6.12. The highest BCUT2D eigenvalue weighted by atomic mass is 19.1. The molecule has 0 unspecified atom stereocenters. The van der Waals surface area contributed by atoms with E-state index in [4.69, 9.17) is 5.73 Å². The fourth-order valence-corrected chi connectivity index (χ4v) is 2.34. The van der Waals surface area contributed by atoms with Gasteiger partial charge in [0.25, 0.3) is 0 Å². The van der Waals surface area contributed by atoms with Crippen molar-refractivity contribution in [2.45, 2.75) is 26.9 Å². The molecule has 0 radical (unpaired) electrons. The molecule has 0 aliphatic rings. The van der Waals surface area contributed by atoms with E-state index in [1.54, 1.807) is 6.07 Å². The van der Waals surface area contributed by atoms with Gasteiger partial charge in [-0.25, -0.2) is 4.39 Å². The summed E-state index contributed by atoms with van der Waals surface area (Å²) in [5.74, 6) is -0.175. The van der Waals surface area contributed by atoms with Gasteiger partial charge in [-0.15, -0.1) is 0 Å². The SMILES string of the molecule is CCN(Cc1ccc(CN)cc1C)c1ccccc1F. The summed E-state index contributed by atoms with van der Waals surface area (Å²) in [7, 11) is 0. The molecular weight excluding hydrogens is 251 g/mol. The van der Waals surface area contributed by atoms with Crippen molar-refractivity contribution < 1.29 is 4.39 Å². The predicted octanol–water partition coefficient (Wildman–Crippen LogP) is 3.62. The van der Waals surface area contributed by atoms with Gasteiger partial charge in [-0.3, -0.25) is 0 Å². The van der Waals surface area contributed by atoms with Crippen LogP contribution in [0.3, 0.4) is 0 Å². The van der Waals surface area contributed by atoms with Crippen LogP contribution in [0.5, 0.6) is 0 Å². The topological polar surface area (TPSA) is 29.3 Å². The minimum Gasteiger partial charge on any atom is -0.365 e. The lowest BCUT2D eigenvalue weighted by atomic mass is 10.0. The molecule has 2 nitrogen and oxygen atoms in total. The first-order valence-corrected chi connectivity index (χ1v) is 6.93. The molecule has 0 aliphatic heterocycles. The van der Waals surface area contributed by atoms with E-state index >= 15 is 0 Å². The van der Waals surface area contributed by atoms with E-state index in [1.807, 2.05) is 30.0 Å². The van der Waals surface area contributed by atoms with Crippen LogP contribution >= 0.6 is 0 Å². The van der Waals surface area contributed by atoms with Crippen LogP contribution < -0.4 is 10.6 Å². The van der Waals surface area contributed by atoms with Gasteiger partial charge in [0.05, 0.1) is 5.69 Å². The third-order valence-electron chi connectivity index (χ3n) is 3.58. The molecule has 20 heavy (non-hydrogen) atoms. The summed E-state index contributed by atoms with van der Waals surface area (Å²) in [6.07, 6.45) is 0. The normalized spacial score (nSPS) is 10.6. The summed E-state index contributed by atoms with van der Waals surface area (Å²) >= 11 is 0. The molecule has 0 saturated carbocycles. The molecule has 0 amide bonds. The summed E-state index contributed by atoms with van der Waals surface area (Å²) in [5.41, 5.74) is 9.82. The number of anilines is 1. The molecular formula is C17H21FN2.